The van der Waals surface area contributed by atoms with E-state index in [1.165, 1.54) is 30.0 Å². The van der Waals surface area contributed by atoms with Gasteiger partial charge in [-0.2, -0.15) is 5.10 Å². The Kier molecular flexibility index (Phi) is 9.08. The summed E-state index contributed by atoms with van der Waals surface area (Å²) in [4.78, 5) is 34.7. The highest BCUT2D eigenvalue weighted by atomic mass is 35.5. The van der Waals surface area contributed by atoms with Crippen molar-refractivity contribution in [1.82, 2.24) is 29.9 Å². The van der Waals surface area contributed by atoms with E-state index >= 15 is 0 Å². The first-order valence-corrected chi connectivity index (χ1v) is 16.0. The number of urea groups is 1. The van der Waals surface area contributed by atoms with Crippen LogP contribution < -0.4 is 15.4 Å². The smallest absolute Gasteiger partial charge is 0.327 e. The molecule has 12 nitrogen and oxygen atoms in total. The first-order chi connectivity index (χ1) is 20.1. The fraction of sp³-hybridized carbons (Fsp3) is 0.333. The largest absolute Gasteiger partial charge is 0.494 e. The van der Waals surface area contributed by atoms with Crippen LogP contribution in [-0.2, 0) is 9.84 Å². The monoisotopic (exact) mass is 631 g/mol. The van der Waals surface area contributed by atoms with Crippen LogP contribution in [0.15, 0.2) is 53.7 Å². The van der Waals surface area contributed by atoms with Crippen LogP contribution in [0.3, 0.4) is 0 Å². The van der Waals surface area contributed by atoms with Crippen molar-refractivity contribution in [3.63, 3.8) is 0 Å². The Bertz CT molecular complexity index is 1700. The molecular formula is C27H30ClN7O5S2. The molecule has 3 amide bonds. The minimum Gasteiger partial charge on any atom is -0.494 e. The summed E-state index contributed by atoms with van der Waals surface area (Å²) in [5, 5.41) is 9.24. The van der Waals surface area contributed by atoms with E-state index in [0.29, 0.717) is 28.1 Å². The van der Waals surface area contributed by atoms with Crippen LogP contribution >= 0.6 is 22.9 Å². The van der Waals surface area contributed by atoms with Crippen molar-refractivity contribution in [3.8, 4) is 11.4 Å². The molecule has 1 aliphatic rings. The molecule has 0 atom stereocenters. The lowest BCUT2D eigenvalue weighted by atomic mass is 10.1. The number of thiazole rings is 1. The minimum atomic E-state index is -3.48. The Morgan fingerprint density at radius 2 is 1.93 bits per heavy atom. The first-order valence-electron chi connectivity index (χ1n) is 13.2. The van der Waals surface area contributed by atoms with E-state index < -0.39 is 21.8 Å². The number of rotatable bonds is 9. The lowest BCUT2D eigenvalue weighted by Crippen LogP contribution is -2.44. The van der Waals surface area contributed by atoms with Gasteiger partial charge in [-0.25, -0.2) is 22.9 Å². The number of ether oxygens (including phenoxy) is 1. The van der Waals surface area contributed by atoms with Gasteiger partial charge >= 0.3 is 6.03 Å². The van der Waals surface area contributed by atoms with Crippen molar-refractivity contribution in [3.05, 3.63) is 59.4 Å². The standard InChI is InChI=1S/C27H30ClN7O5S2/c1-33-10-12-34(13-11-33)8-4-14-42(38,39)18-5-6-21-24(15-18)41-27(30-21)32-26(37)31-25(36)19-16-22(35-9-3-7-29-35)23(40-2)17-20(19)28/h3,5-7,9,15-17H,4,8,10-14H2,1-2H3,(H2,30,31,32,36,37). The zero-order valence-corrected chi connectivity index (χ0v) is 25.4. The lowest BCUT2D eigenvalue weighted by Gasteiger charge is -2.32. The normalized spacial score (nSPS) is 14.6. The van der Waals surface area contributed by atoms with Crippen LogP contribution in [-0.4, -0.2) is 97.6 Å². The van der Waals surface area contributed by atoms with Crippen molar-refractivity contribution in [2.45, 2.75) is 11.3 Å². The van der Waals surface area contributed by atoms with Gasteiger partial charge in [-0.1, -0.05) is 22.9 Å². The molecule has 2 aromatic heterocycles. The van der Waals surface area contributed by atoms with Gasteiger partial charge in [0.25, 0.3) is 5.91 Å². The number of likely N-dealkylation sites (N-methyl/N-ethyl adjacent to an activating group) is 1. The average molecular weight is 632 g/mol. The molecule has 2 N–H and O–H groups in total. The highest BCUT2D eigenvalue weighted by molar-refractivity contribution is 7.91. The van der Waals surface area contributed by atoms with Gasteiger partial charge < -0.3 is 14.5 Å². The van der Waals surface area contributed by atoms with Gasteiger partial charge in [0.15, 0.2) is 15.0 Å². The third-order valence-corrected chi connectivity index (χ3v) is 9.96. The van der Waals surface area contributed by atoms with Gasteiger partial charge in [-0.05, 0) is 50.3 Å². The molecule has 3 heterocycles. The van der Waals surface area contributed by atoms with E-state index in [4.69, 9.17) is 16.3 Å². The Morgan fingerprint density at radius 3 is 2.64 bits per heavy atom. The number of hydrogen-bond acceptors (Lipinski definition) is 10. The Hall–Kier alpha value is -3.56. The molecule has 1 fully saturated rings. The van der Waals surface area contributed by atoms with Gasteiger partial charge in [0.2, 0.25) is 0 Å². The number of halogens is 1. The van der Waals surface area contributed by atoms with Gasteiger partial charge in [0, 0.05) is 44.6 Å². The van der Waals surface area contributed by atoms with Crippen molar-refractivity contribution in [2.24, 2.45) is 0 Å². The van der Waals surface area contributed by atoms with Crippen molar-refractivity contribution < 1.29 is 22.7 Å². The van der Waals surface area contributed by atoms with E-state index in [1.54, 1.807) is 30.6 Å². The van der Waals surface area contributed by atoms with Crippen molar-refractivity contribution in [2.75, 3.05) is 58.0 Å². The predicted octanol–water partition coefficient (Wildman–Crippen LogP) is 3.52. The predicted molar refractivity (Wildman–Crippen MR) is 162 cm³/mol. The van der Waals surface area contributed by atoms with Crippen LogP contribution in [0.5, 0.6) is 5.75 Å². The third-order valence-electron chi connectivity index (χ3n) is 6.91. The maximum absolute atomic E-state index is 13.0. The average Bonchev–Trinajstić information content (AvgIpc) is 3.63. The zero-order chi connectivity index (χ0) is 29.9. The lowest BCUT2D eigenvalue weighted by molar-refractivity contribution is 0.0967. The summed E-state index contributed by atoms with van der Waals surface area (Å²) in [6.45, 7) is 4.60. The fourth-order valence-corrected chi connectivity index (χ4v) is 7.12. The number of imide groups is 1. The number of carbonyl (C=O) groups is 2. The summed E-state index contributed by atoms with van der Waals surface area (Å²) in [6, 6.07) is 8.56. The quantitative estimate of drug-likeness (QED) is 0.284. The van der Waals surface area contributed by atoms with Gasteiger partial charge in [-0.15, -0.1) is 0 Å². The summed E-state index contributed by atoms with van der Waals surface area (Å²) in [5.41, 5.74) is 1.04. The molecule has 222 valence electrons. The van der Waals surface area contributed by atoms with Crippen LogP contribution in [0.1, 0.15) is 16.8 Å². The summed E-state index contributed by atoms with van der Waals surface area (Å²) in [7, 11) is 0.0722. The molecule has 42 heavy (non-hydrogen) atoms. The molecule has 0 unspecified atom stereocenters. The third kappa shape index (κ3) is 6.90. The SMILES string of the molecule is COc1cc(Cl)c(C(=O)NC(=O)Nc2nc3ccc(S(=O)(=O)CCCN4CCN(C)CC4)cc3s2)cc1-n1cccn1. The molecule has 2 aromatic carbocycles. The number of aromatic nitrogens is 3. The molecule has 5 rings (SSSR count). The fourth-order valence-electron chi connectivity index (χ4n) is 4.59. The maximum Gasteiger partial charge on any atom is 0.327 e. The summed E-state index contributed by atoms with van der Waals surface area (Å²) in [5.74, 6) is -0.287. The Morgan fingerprint density at radius 1 is 1.14 bits per heavy atom. The second-order valence-electron chi connectivity index (χ2n) is 9.83. The molecular weight excluding hydrogens is 602 g/mol. The van der Waals surface area contributed by atoms with E-state index in [0.717, 1.165) is 44.1 Å². The zero-order valence-electron chi connectivity index (χ0n) is 23.0. The van der Waals surface area contributed by atoms with E-state index in [1.807, 2.05) is 0 Å². The van der Waals surface area contributed by atoms with E-state index in [9.17, 15) is 18.0 Å². The van der Waals surface area contributed by atoms with Crippen LogP contribution in [0.25, 0.3) is 15.9 Å². The topological polar surface area (TPSA) is 139 Å². The second-order valence-corrected chi connectivity index (χ2v) is 13.4. The number of nitrogens with one attached hydrogen (secondary N) is 2. The van der Waals surface area contributed by atoms with E-state index in [2.05, 4.69) is 37.6 Å². The number of amides is 3. The molecule has 1 saturated heterocycles. The number of benzene rings is 2. The van der Waals surface area contributed by atoms with E-state index in [-0.39, 0.29) is 26.4 Å². The minimum absolute atomic E-state index is 0.0462. The summed E-state index contributed by atoms with van der Waals surface area (Å²) in [6.07, 6.45) is 3.81. The number of anilines is 1. The molecule has 0 bridgehead atoms. The van der Waals surface area contributed by atoms with Crippen LogP contribution in [0, 0.1) is 0 Å². The number of carbonyl (C=O) groups excluding carboxylic acids is 2. The number of methoxy groups -OCH3 is 1. The maximum atomic E-state index is 13.0. The number of piperazine rings is 1. The highest BCUT2D eigenvalue weighted by Gasteiger charge is 2.21. The molecule has 0 radical (unpaired) electrons. The molecule has 4 aromatic rings. The number of fused-ring (bicyclic) bond motifs is 1. The molecule has 1 aliphatic heterocycles. The Balaban J connectivity index is 1.22. The highest BCUT2D eigenvalue weighted by Crippen LogP contribution is 2.31. The number of hydrogen-bond donors (Lipinski definition) is 2. The Labute approximate surface area is 252 Å². The first kappa shape index (κ1) is 29.9. The number of sulfone groups is 1. The van der Waals surface area contributed by atoms with Crippen molar-refractivity contribution >= 4 is 60.1 Å². The summed E-state index contributed by atoms with van der Waals surface area (Å²) >= 11 is 7.40. The van der Waals surface area contributed by atoms with Crippen LogP contribution in [0.4, 0.5) is 9.93 Å². The molecule has 15 heteroatoms. The summed E-state index contributed by atoms with van der Waals surface area (Å²) < 4.78 is 33.4. The van der Waals surface area contributed by atoms with Gasteiger partial charge in [0.1, 0.15) is 11.4 Å². The van der Waals surface area contributed by atoms with Crippen LogP contribution in [0.2, 0.25) is 5.02 Å². The molecule has 0 spiro atoms. The van der Waals surface area contributed by atoms with Gasteiger partial charge in [0.05, 0.1) is 38.6 Å². The number of nitrogens with zero attached hydrogens (tertiary/aromatic N) is 5. The molecule has 0 aliphatic carbocycles. The second kappa shape index (κ2) is 12.8. The van der Waals surface area contributed by atoms with Gasteiger partial charge in [-0.3, -0.25) is 15.4 Å². The molecule has 0 saturated carbocycles. The van der Waals surface area contributed by atoms with Crippen molar-refractivity contribution in [1.29, 1.82) is 0 Å².